The van der Waals surface area contributed by atoms with Crippen LogP contribution in [0.4, 0.5) is 0 Å². The fourth-order valence-electron chi connectivity index (χ4n) is 3.50. The molecule has 3 heterocycles. The average Bonchev–Trinajstić information content (AvgIpc) is 3.15. The van der Waals surface area contributed by atoms with Gasteiger partial charge < -0.3 is 10.2 Å². The number of nitrogens with zero attached hydrogens (tertiary/aromatic N) is 5. The molecule has 2 atom stereocenters. The summed E-state index contributed by atoms with van der Waals surface area (Å²) in [6, 6.07) is 8.58. The first-order valence-electron chi connectivity index (χ1n) is 7.65. The Balaban J connectivity index is 1.46. The Labute approximate surface area is 128 Å². The molecule has 2 aliphatic rings. The van der Waals surface area contributed by atoms with Crippen LogP contribution in [0.2, 0.25) is 0 Å². The normalized spacial score (nSPS) is 23.7. The highest BCUT2D eigenvalue weighted by atomic mass is 16.2. The largest absolute Gasteiger partial charge is 0.334 e. The summed E-state index contributed by atoms with van der Waals surface area (Å²) in [7, 11) is 0. The van der Waals surface area contributed by atoms with Gasteiger partial charge in [-0.1, -0.05) is 12.1 Å². The van der Waals surface area contributed by atoms with Crippen LogP contribution in [0, 0.1) is 0 Å². The minimum atomic E-state index is 0.240. The second-order valence-corrected chi connectivity index (χ2v) is 5.94. The van der Waals surface area contributed by atoms with Gasteiger partial charge in [0, 0.05) is 25.2 Å². The fourth-order valence-corrected chi connectivity index (χ4v) is 3.50. The zero-order chi connectivity index (χ0) is 14.9. The summed E-state index contributed by atoms with van der Waals surface area (Å²) in [5.41, 5.74) is 1.92. The number of hydrogen-bond acceptors (Lipinski definition) is 5. The predicted octanol–water partition coefficient (Wildman–Crippen LogP) is 0.168. The molecule has 0 spiro atoms. The zero-order valence-electron chi connectivity index (χ0n) is 12.2. The summed E-state index contributed by atoms with van der Waals surface area (Å²) in [5, 5.41) is 14.5. The van der Waals surface area contributed by atoms with Gasteiger partial charge in [-0.15, -0.1) is 5.10 Å². The highest BCUT2D eigenvalue weighted by molar-refractivity contribution is 5.80. The van der Waals surface area contributed by atoms with Gasteiger partial charge in [0.2, 0.25) is 5.91 Å². The van der Waals surface area contributed by atoms with Crippen molar-refractivity contribution in [3.05, 3.63) is 36.2 Å². The van der Waals surface area contributed by atoms with Gasteiger partial charge in [0.15, 0.2) is 0 Å². The lowest BCUT2D eigenvalue weighted by molar-refractivity contribution is -0.134. The molecule has 1 N–H and O–H groups in total. The molecule has 7 heteroatoms. The van der Waals surface area contributed by atoms with E-state index in [1.807, 2.05) is 24.3 Å². The number of amides is 1. The van der Waals surface area contributed by atoms with Crippen molar-refractivity contribution in [2.24, 2.45) is 0 Å². The lowest BCUT2D eigenvalue weighted by Crippen LogP contribution is -2.54. The van der Waals surface area contributed by atoms with Crippen molar-refractivity contribution in [2.75, 3.05) is 13.1 Å². The van der Waals surface area contributed by atoms with Crippen molar-refractivity contribution in [2.45, 2.75) is 31.3 Å². The molecule has 7 nitrogen and oxygen atoms in total. The Kier molecular flexibility index (Phi) is 3.34. The standard InChI is InChI=1S/C15H18N6O/c22-15(21-13-5-6-14(21)9-16-8-13)7-11-1-3-12(4-2-11)20-10-17-18-19-20/h1-4,10,13-14,16H,5-9H2. The third-order valence-electron chi connectivity index (χ3n) is 4.57. The van der Waals surface area contributed by atoms with Crippen LogP contribution in [0.3, 0.4) is 0 Å². The molecule has 2 aromatic rings. The maximum atomic E-state index is 12.6. The molecule has 4 rings (SSSR count). The highest BCUT2D eigenvalue weighted by Crippen LogP contribution is 2.27. The van der Waals surface area contributed by atoms with E-state index < -0.39 is 0 Å². The lowest BCUT2D eigenvalue weighted by atomic mass is 10.1. The predicted molar refractivity (Wildman–Crippen MR) is 79.4 cm³/mol. The Morgan fingerprint density at radius 1 is 1.18 bits per heavy atom. The molecule has 22 heavy (non-hydrogen) atoms. The summed E-state index contributed by atoms with van der Waals surface area (Å²) in [6.45, 7) is 1.86. The SMILES string of the molecule is O=C(Cc1ccc(-n2cnnn2)cc1)N1C2CCC1CNC2. The lowest BCUT2D eigenvalue weighted by Gasteiger charge is -2.35. The number of aromatic nitrogens is 4. The molecule has 2 bridgehead atoms. The highest BCUT2D eigenvalue weighted by Gasteiger charge is 2.39. The molecule has 114 valence electrons. The second kappa shape index (κ2) is 5.49. The minimum Gasteiger partial charge on any atom is -0.334 e. The van der Waals surface area contributed by atoms with Crippen LogP contribution in [-0.2, 0) is 11.2 Å². The average molecular weight is 298 g/mol. The summed E-state index contributed by atoms with van der Waals surface area (Å²) >= 11 is 0. The second-order valence-electron chi connectivity index (χ2n) is 5.94. The summed E-state index contributed by atoms with van der Waals surface area (Å²) < 4.78 is 1.60. The molecule has 0 aliphatic carbocycles. The van der Waals surface area contributed by atoms with E-state index in [2.05, 4.69) is 25.7 Å². The van der Waals surface area contributed by atoms with Gasteiger partial charge in [-0.2, -0.15) is 0 Å². The summed E-state index contributed by atoms with van der Waals surface area (Å²) in [6.07, 6.45) is 4.27. The van der Waals surface area contributed by atoms with Gasteiger partial charge in [0.25, 0.3) is 0 Å². The van der Waals surface area contributed by atoms with Crippen molar-refractivity contribution < 1.29 is 4.79 Å². The molecular formula is C15H18N6O. The van der Waals surface area contributed by atoms with Crippen LogP contribution in [-0.4, -0.2) is 56.2 Å². The third kappa shape index (κ3) is 2.37. The molecule has 1 amide bonds. The molecule has 2 saturated heterocycles. The van der Waals surface area contributed by atoms with Crippen LogP contribution >= 0.6 is 0 Å². The summed E-state index contributed by atoms with van der Waals surface area (Å²) in [4.78, 5) is 14.7. The van der Waals surface area contributed by atoms with E-state index in [9.17, 15) is 4.79 Å². The van der Waals surface area contributed by atoms with E-state index in [-0.39, 0.29) is 5.91 Å². The molecule has 2 fully saturated rings. The first-order valence-corrected chi connectivity index (χ1v) is 7.65. The van der Waals surface area contributed by atoms with E-state index in [0.29, 0.717) is 18.5 Å². The fraction of sp³-hybridized carbons (Fsp3) is 0.467. The van der Waals surface area contributed by atoms with Gasteiger partial charge in [-0.25, -0.2) is 4.68 Å². The number of fused-ring (bicyclic) bond motifs is 2. The van der Waals surface area contributed by atoms with Crippen LogP contribution in [0.1, 0.15) is 18.4 Å². The molecule has 1 aromatic carbocycles. The van der Waals surface area contributed by atoms with E-state index in [1.165, 1.54) is 0 Å². The number of carbonyl (C=O) groups excluding carboxylic acids is 1. The third-order valence-corrected chi connectivity index (χ3v) is 4.57. The number of tetrazole rings is 1. The van der Waals surface area contributed by atoms with E-state index in [1.54, 1.807) is 11.0 Å². The topological polar surface area (TPSA) is 75.9 Å². The Hall–Kier alpha value is -2.28. The number of piperazine rings is 1. The summed E-state index contributed by atoms with van der Waals surface area (Å²) in [5.74, 6) is 0.240. The van der Waals surface area contributed by atoms with Crippen LogP contribution in [0.15, 0.2) is 30.6 Å². The minimum absolute atomic E-state index is 0.240. The molecule has 0 saturated carbocycles. The molecule has 2 aliphatic heterocycles. The number of benzene rings is 1. The maximum absolute atomic E-state index is 12.6. The van der Waals surface area contributed by atoms with Crippen molar-refractivity contribution in [1.82, 2.24) is 30.4 Å². The molecule has 0 radical (unpaired) electrons. The van der Waals surface area contributed by atoms with Crippen molar-refractivity contribution in [3.8, 4) is 5.69 Å². The quantitative estimate of drug-likeness (QED) is 0.874. The maximum Gasteiger partial charge on any atom is 0.227 e. The first kappa shape index (κ1) is 13.4. The van der Waals surface area contributed by atoms with Crippen LogP contribution in [0.5, 0.6) is 0 Å². The van der Waals surface area contributed by atoms with Gasteiger partial charge in [-0.3, -0.25) is 4.79 Å². The molecular weight excluding hydrogens is 280 g/mol. The van der Waals surface area contributed by atoms with Crippen molar-refractivity contribution in [3.63, 3.8) is 0 Å². The number of carbonyl (C=O) groups is 1. The van der Waals surface area contributed by atoms with Gasteiger partial charge >= 0.3 is 0 Å². The monoisotopic (exact) mass is 298 g/mol. The van der Waals surface area contributed by atoms with Gasteiger partial charge in [-0.05, 0) is 41.0 Å². The Morgan fingerprint density at radius 3 is 2.55 bits per heavy atom. The molecule has 1 aromatic heterocycles. The van der Waals surface area contributed by atoms with Gasteiger partial charge in [0.05, 0.1) is 12.1 Å². The number of nitrogens with one attached hydrogen (secondary N) is 1. The van der Waals surface area contributed by atoms with Crippen molar-refractivity contribution >= 4 is 5.91 Å². The van der Waals surface area contributed by atoms with E-state index in [0.717, 1.165) is 37.2 Å². The molecule has 2 unspecified atom stereocenters. The number of rotatable bonds is 3. The Morgan fingerprint density at radius 2 is 1.91 bits per heavy atom. The first-order chi connectivity index (χ1) is 10.8. The Bertz CT molecular complexity index is 637. The smallest absolute Gasteiger partial charge is 0.227 e. The van der Waals surface area contributed by atoms with Crippen LogP contribution < -0.4 is 5.32 Å². The van der Waals surface area contributed by atoms with Crippen molar-refractivity contribution in [1.29, 1.82) is 0 Å². The van der Waals surface area contributed by atoms with Gasteiger partial charge in [0.1, 0.15) is 6.33 Å². The van der Waals surface area contributed by atoms with E-state index in [4.69, 9.17) is 0 Å². The zero-order valence-corrected chi connectivity index (χ0v) is 12.2. The van der Waals surface area contributed by atoms with E-state index >= 15 is 0 Å². The number of hydrogen-bond donors (Lipinski definition) is 1. The van der Waals surface area contributed by atoms with Crippen LogP contribution in [0.25, 0.3) is 5.69 Å².